The SMILES string of the molecule is CCCN1CCc2c(sc3c2c(N(CCO)CCO)nc2nnnn23)C1. The Labute approximate surface area is 154 Å². The van der Waals surface area contributed by atoms with Crippen LogP contribution in [0.3, 0.4) is 0 Å². The van der Waals surface area contributed by atoms with E-state index >= 15 is 0 Å². The van der Waals surface area contributed by atoms with Crippen LogP contribution < -0.4 is 4.90 Å². The normalized spacial score (nSPS) is 15.0. The lowest BCUT2D eigenvalue weighted by Gasteiger charge is -2.27. The van der Waals surface area contributed by atoms with Crippen molar-refractivity contribution in [3.8, 4) is 0 Å². The number of hydrogen-bond donors (Lipinski definition) is 2. The molecule has 0 fully saturated rings. The summed E-state index contributed by atoms with van der Waals surface area (Å²) in [6, 6.07) is 0. The van der Waals surface area contributed by atoms with Gasteiger partial charge in [0.05, 0.1) is 18.6 Å². The highest BCUT2D eigenvalue weighted by Crippen LogP contribution is 2.39. The Morgan fingerprint density at radius 1 is 1.23 bits per heavy atom. The van der Waals surface area contributed by atoms with Gasteiger partial charge in [-0.05, 0) is 35.4 Å². The third kappa shape index (κ3) is 2.92. The number of aliphatic hydroxyl groups excluding tert-OH is 2. The zero-order chi connectivity index (χ0) is 18.1. The fraction of sp³-hybridized carbons (Fsp3) is 0.625. The summed E-state index contributed by atoms with van der Waals surface area (Å²) in [6.45, 7) is 6.08. The minimum atomic E-state index is -0.00407. The van der Waals surface area contributed by atoms with Gasteiger partial charge in [-0.3, -0.25) is 4.90 Å². The van der Waals surface area contributed by atoms with Crippen LogP contribution in [0.2, 0.25) is 0 Å². The van der Waals surface area contributed by atoms with E-state index in [1.54, 1.807) is 15.9 Å². The highest BCUT2D eigenvalue weighted by Gasteiger charge is 2.27. The Balaban J connectivity index is 1.90. The number of aliphatic hydroxyl groups is 2. The lowest BCUT2D eigenvalue weighted by Crippen LogP contribution is -2.32. The molecule has 3 aromatic rings. The zero-order valence-corrected chi connectivity index (χ0v) is 15.6. The molecule has 4 heterocycles. The molecule has 0 saturated heterocycles. The first-order chi connectivity index (χ1) is 12.8. The molecule has 26 heavy (non-hydrogen) atoms. The molecule has 0 atom stereocenters. The van der Waals surface area contributed by atoms with Crippen molar-refractivity contribution in [2.75, 3.05) is 44.3 Å². The lowest BCUT2D eigenvalue weighted by atomic mass is 10.0. The summed E-state index contributed by atoms with van der Waals surface area (Å²) in [5.74, 6) is 1.20. The van der Waals surface area contributed by atoms with Gasteiger partial charge in [0.25, 0.3) is 5.78 Å². The standard InChI is InChI=1S/C16H23N7O2S/c1-2-4-21-5-3-11-12(10-21)26-15-13(11)14(22(6-8-24)7-9-25)17-16-18-19-20-23(15)16/h24-25H,2-10H2,1H3. The number of fused-ring (bicyclic) bond motifs is 5. The minimum Gasteiger partial charge on any atom is -0.395 e. The van der Waals surface area contributed by atoms with E-state index in [2.05, 4.69) is 32.3 Å². The van der Waals surface area contributed by atoms with E-state index in [-0.39, 0.29) is 13.2 Å². The molecule has 0 amide bonds. The van der Waals surface area contributed by atoms with Gasteiger partial charge < -0.3 is 15.1 Å². The Kier molecular flexibility index (Phi) is 4.98. The minimum absolute atomic E-state index is 0.00407. The molecule has 3 aromatic heterocycles. The van der Waals surface area contributed by atoms with Crippen LogP contribution in [0.15, 0.2) is 0 Å². The number of anilines is 1. The maximum atomic E-state index is 9.45. The molecule has 9 nitrogen and oxygen atoms in total. The van der Waals surface area contributed by atoms with Gasteiger partial charge in [-0.1, -0.05) is 12.0 Å². The van der Waals surface area contributed by atoms with Crippen molar-refractivity contribution in [3.63, 3.8) is 0 Å². The maximum absolute atomic E-state index is 9.45. The summed E-state index contributed by atoms with van der Waals surface area (Å²) in [6.07, 6.45) is 2.11. The molecule has 0 unspecified atom stereocenters. The molecule has 0 aliphatic carbocycles. The summed E-state index contributed by atoms with van der Waals surface area (Å²) in [5, 5.41) is 31.9. The molecular formula is C16H23N7O2S. The highest BCUT2D eigenvalue weighted by molar-refractivity contribution is 7.19. The first kappa shape index (κ1) is 17.5. The molecule has 1 aliphatic rings. The summed E-state index contributed by atoms with van der Waals surface area (Å²) in [4.78, 5) is 11.4. The fourth-order valence-corrected chi connectivity index (χ4v) is 4.99. The van der Waals surface area contributed by atoms with Gasteiger partial charge in [-0.2, -0.15) is 9.50 Å². The predicted octanol–water partition coefficient (Wildman–Crippen LogP) is 0.293. The third-order valence-electron chi connectivity index (χ3n) is 4.77. The van der Waals surface area contributed by atoms with Gasteiger partial charge in [0.15, 0.2) is 0 Å². The summed E-state index contributed by atoms with van der Waals surface area (Å²) in [5.41, 5.74) is 1.30. The number of nitrogens with zero attached hydrogens (tertiary/aromatic N) is 7. The number of rotatable bonds is 7. The van der Waals surface area contributed by atoms with Crippen LogP contribution in [0, 0.1) is 0 Å². The summed E-state index contributed by atoms with van der Waals surface area (Å²) in [7, 11) is 0. The van der Waals surface area contributed by atoms with Crippen molar-refractivity contribution in [1.29, 1.82) is 0 Å². The summed E-state index contributed by atoms with van der Waals surface area (Å²) >= 11 is 1.72. The molecule has 10 heteroatoms. The Morgan fingerprint density at radius 3 is 2.77 bits per heavy atom. The molecule has 0 aromatic carbocycles. The van der Waals surface area contributed by atoms with Crippen molar-refractivity contribution in [2.24, 2.45) is 0 Å². The van der Waals surface area contributed by atoms with Crippen molar-refractivity contribution < 1.29 is 10.2 Å². The van der Waals surface area contributed by atoms with Gasteiger partial charge in [-0.15, -0.1) is 11.3 Å². The first-order valence-corrected chi connectivity index (χ1v) is 9.79. The second-order valence-electron chi connectivity index (χ2n) is 6.47. The molecular weight excluding hydrogens is 354 g/mol. The van der Waals surface area contributed by atoms with Gasteiger partial charge >= 0.3 is 0 Å². The smallest absolute Gasteiger partial charge is 0.276 e. The van der Waals surface area contributed by atoms with E-state index in [4.69, 9.17) is 0 Å². The second-order valence-corrected chi connectivity index (χ2v) is 7.55. The fourth-order valence-electron chi connectivity index (χ4n) is 3.66. The van der Waals surface area contributed by atoms with E-state index in [0.29, 0.717) is 18.9 Å². The molecule has 140 valence electrons. The van der Waals surface area contributed by atoms with Crippen LogP contribution in [0.25, 0.3) is 16.0 Å². The second kappa shape index (κ2) is 7.39. The average Bonchev–Trinajstić information content (AvgIpc) is 3.24. The largest absolute Gasteiger partial charge is 0.395 e. The molecule has 2 N–H and O–H groups in total. The van der Waals surface area contributed by atoms with Crippen LogP contribution in [0.1, 0.15) is 23.8 Å². The van der Waals surface area contributed by atoms with E-state index in [1.807, 2.05) is 4.90 Å². The predicted molar refractivity (Wildman–Crippen MR) is 99.6 cm³/mol. The van der Waals surface area contributed by atoms with Crippen molar-refractivity contribution in [1.82, 2.24) is 29.9 Å². The van der Waals surface area contributed by atoms with E-state index < -0.39 is 0 Å². The number of tetrazole rings is 1. The molecule has 0 saturated carbocycles. The lowest BCUT2D eigenvalue weighted by molar-refractivity contribution is 0.258. The number of thiophene rings is 1. The maximum Gasteiger partial charge on any atom is 0.276 e. The van der Waals surface area contributed by atoms with Gasteiger partial charge in [0.2, 0.25) is 0 Å². The van der Waals surface area contributed by atoms with Crippen LogP contribution >= 0.6 is 11.3 Å². The van der Waals surface area contributed by atoms with Crippen molar-refractivity contribution in [3.05, 3.63) is 10.4 Å². The number of aromatic nitrogens is 5. The Bertz CT molecular complexity index is 903. The molecule has 0 radical (unpaired) electrons. The third-order valence-corrected chi connectivity index (χ3v) is 5.96. The van der Waals surface area contributed by atoms with Crippen molar-refractivity contribution in [2.45, 2.75) is 26.3 Å². The van der Waals surface area contributed by atoms with Crippen LogP contribution in [0.5, 0.6) is 0 Å². The van der Waals surface area contributed by atoms with Crippen LogP contribution in [-0.4, -0.2) is 79.5 Å². The highest BCUT2D eigenvalue weighted by atomic mass is 32.1. The van der Waals surface area contributed by atoms with Gasteiger partial charge in [0.1, 0.15) is 10.6 Å². The topological polar surface area (TPSA) is 103 Å². The van der Waals surface area contributed by atoms with Gasteiger partial charge in [0, 0.05) is 31.1 Å². The molecule has 4 rings (SSSR count). The van der Waals surface area contributed by atoms with Gasteiger partial charge in [-0.25, -0.2) is 0 Å². The monoisotopic (exact) mass is 377 g/mol. The molecule has 0 bridgehead atoms. The van der Waals surface area contributed by atoms with Crippen LogP contribution in [0.4, 0.5) is 5.82 Å². The number of hydrogen-bond acceptors (Lipinski definition) is 9. The zero-order valence-electron chi connectivity index (χ0n) is 14.8. The Hall–Kier alpha value is -1.88. The van der Waals surface area contributed by atoms with Crippen molar-refractivity contribution >= 4 is 33.1 Å². The molecule has 0 spiro atoms. The summed E-state index contributed by atoms with van der Waals surface area (Å²) < 4.78 is 1.70. The van der Waals surface area contributed by atoms with E-state index in [9.17, 15) is 10.2 Å². The van der Waals surface area contributed by atoms with E-state index in [1.165, 1.54) is 10.4 Å². The quantitative estimate of drug-likeness (QED) is 0.606. The average molecular weight is 377 g/mol. The Morgan fingerprint density at radius 2 is 2.04 bits per heavy atom. The molecule has 1 aliphatic heterocycles. The first-order valence-electron chi connectivity index (χ1n) is 8.98. The van der Waals surface area contributed by atoms with E-state index in [0.717, 1.165) is 48.5 Å². The van der Waals surface area contributed by atoms with Crippen LogP contribution in [-0.2, 0) is 13.0 Å².